The highest BCUT2D eigenvalue weighted by atomic mass is 32.1. The molecular weight excluding hydrogens is 352 g/mol. The number of anilines is 1. The van der Waals surface area contributed by atoms with Gasteiger partial charge in [0.25, 0.3) is 0 Å². The molecule has 0 unspecified atom stereocenters. The molecule has 1 saturated heterocycles. The lowest BCUT2D eigenvalue weighted by Gasteiger charge is -2.26. The lowest BCUT2D eigenvalue weighted by atomic mass is 9.87. The van der Waals surface area contributed by atoms with Gasteiger partial charge in [-0.2, -0.15) is 0 Å². The van der Waals surface area contributed by atoms with Gasteiger partial charge in [0.1, 0.15) is 4.83 Å². The molecule has 0 saturated carbocycles. The average Bonchev–Trinajstić information content (AvgIpc) is 3.10. The second kappa shape index (κ2) is 7.34. The van der Waals surface area contributed by atoms with E-state index in [2.05, 4.69) is 11.8 Å². The smallest absolute Gasteiger partial charge is 0.225 e. The summed E-state index contributed by atoms with van der Waals surface area (Å²) in [4.78, 5) is 18.5. The van der Waals surface area contributed by atoms with E-state index in [0.29, 0.717) is 0 Å². The topological polar surface area (TPSA) is 41.9 Å². The Bertz CT molecular complexity index is 972. The molecule has 3 aromatic rings. The second-order valence-electron chi connectivity index (χ2n) is 8.04. The number of aromatic nitrogens is 3. The van der Waals surface area contributed by atoms with Crippen molar-refractivity contribution in [2.75, 3.05) is 18.0 Å². The molecule has 27 heavy (non-hydrogen) atoms. The minimum absolute atomic E-state index is 0.918. The Kier molecular flexibility index (Phi) is 4.72. The summed E-state index contributed by atoms with van der Waals surface area (Å²) in [5.41, 5.74) is 5.60. The van der Waals surface area contributed by atoms with E-state index in [1.54, 1.807) is 22.5 Å². The van der Waals surface area contributed by atoms with Crippen LogP contribution in [0.1, 0.15) is 68.7 Å². The first-order valence-electron chi connectivity index (χ1n) is 10.7. The molecule has 5 rings (SSSR count). The fraction of sp³-hybridized carbons (Fsp3) is 0.591. The van der Waals surface area contributed by atoms with Gasteiger partial charge in [-0.3, -0.25) is 0 Å². The Morgan fingerprint density at radius 3 is 2.63 bits per heavy atom. The first-order valence-corrected chi connectivity index (χ1v) is 11.5. The first kappa shape index (κ1) is 17.4. The van der Waals surface area contributed by atoms with Crippen molar-refractivity contribution in [3.8, 4) is 0 Å². The number of unbranched alkanes of at least 4 members (excludes halogenated alkanes) is 1. The summed E-state index contributed by atoms with van der Waals surface area (Å²) in [6, 6.07) is 0. The lowest BCUT2D eigenvalue weighted by Crippen LogP contribution is -2.30. The highest BCUT2D eigenvalue weighted by Crippen LogP contribution is 2.39. The predicted molar refractivity (Wildman–Crippen MR) is 114 cm³/mol. The van der Waals surface area contributed by atoms with Crippen molar-refractivity contribution in [2.24, 2.45) is 0 Å². The minimum atomic E-state index is 0.918. The zero-order valence-electron chi connectivity index (χ0n) is 16.3. The first-order chi connectivity index (χ1) is 13.3. The van der Waals surface area contributed by atoms with Crippen LogP contribution >= 0.6 is 11.3 Å². The largest absolute Gasteiger partial charge is 0.341 e. The van der Waals surface area contributed by atoms with E-state index in [-0.39, 0.29) is 0 Å². The van der Waals surface area contributed by atoms with Crippen LogP contribution < -0.4 is 4.90 Å². The van der Waals surface area contributed by atoms with Crippen molar-refractivity contribution in [3.63, 3.8) is 0 Å². The standard InChI is InChI=1S/C22H28N4S/c1-2-3-11-17-15-9-5-6-10-16(15)19-20-18(27-21(19)24-17)14-23-22(25-20)26-12-7-4-8-13-26/h14H,2-13H2,1H3. The molecule has 1 fully saturated rings. The molecule has 0 bridgehead atoms. The van der Waals surface area contributed by atoms with Gasteiger partial charge in [0, 0.05) is 24.2 Å². The van der Waals surface area contributed by atoms with Crippen LogP contribution in [0.25, 0.3) is 20.4 Å². The third kappa shape index (κ3) is 3.10. The highest BCUT2D eigenvalue weighted by molar-refractivity contribution is 7.25. The molecule has 5 heteroatoms. The number of hydrogen-bond acceptors (Lipinski definition) is 5. The van der Waals surface area contributed by atoms with Crippen LogP contribution in [0.15, 0.2) is 6.20 Å². The molecule has 142 valence electrons. The van der Waals surface area contributed by atoms with E-state index in [0.717, 1.165) is 31.0 Å². The molecule has 0 spiro atoms. The van der Waals surface area contributed by atoms with Gasteiger partial charge in [0.05, 0.1) is 16.4 Å². The van der Waals surface area contributed by atoms with E-state index in [9.17, 15) is 0 Å². The van der Waals surface area contributed by atoms with Gasteiger partial charge in [-0.15, -0.1) is 11.3 Å². The summed E-state index contributed by atoms with van der Waals surface area (Å²) < 4.78 is 1.19. The summed E-state index contributed by atoms with van der Waals surface area (Å²) in [5, 5.41) is 1.34. The van der Waals surface area contributed by atoms with E-state index in [1.807, 2.05) is 6.20 Å². The van der Waals surface area contributed by atoms with Gasteiger partial charge in [0.2, 0.25) is 5.95 Å². The van der Waals surface area contributed by atoms with Gasteiger partial charge in [-0.05, 0) is 68.9 Å². The monoisotopic (exact) mass is 380 g/mol. The molecule has 4 heterocycles. The maximum absolute atomic E-state index is 5.14. The summed E-state index contributed by atoms with van der Waals surface area (Å²) in [6.45, 7) is 4.44. The molecular formula is C22H28N4S. The Morgan fingerprint density at radius 2 is 1.81 bits per heavy atom. The fourth-order valence-corrected chi connectivity index (χ4v) is 5.75. The summed E-state index contributed by atoms with van der Waals surface area (Å²) in [6.07, 6.45) is 14.4. The van der Waals surface area contributed by atoms with Crippen LogP contribution in [0.5, 0.6) is 0 Å². The van der Waals surface area contributed by atoms with Crippen LogP contribution in [-0.2, 0) is 19.3 Å². The molecule has 0 N–H and O–H groups in total. The van der Waals surface area contributed by atoms with Gasteiger partial charge in [0.15, 0.2) is 0 Å². The van der Waals surface area contributed by atoms with Crippen molar-refractivity contribution in [3.05, 3.63) is 23.0 Å². The molecule has 2 aliphatic rings. The quantitative estimate of drug-likeness (QED) is 0.603. The van der Waals surface area contributed by atoms with E-state index in [4.69, 9.17) is 15.0 Å². The Labute approximate surface area is 165 Å². The zero-order valence-corrected chi connectivity index (χ0v) is 17.1. The molecule has 4 nitrogen and oxygen atoms in total. The Balaban J connectivity index is 1.68. The number of thiophene rings is 1. The third-order valence-corrected chi connectivity index (χ3v) is 7.17. The van der Waals surface area contributed by atoms with Crippen LogP contribution in [0.4, 0.5) is 5.95 Å². The van der Waals surface area contributed by atoms with Crippen molar-refractivity contribution in [1.29, 1.82) is 0 Å². The Hall–Kier alpha value is -1.75. The normalized spacial score (nSPS) is 17.6. The summed E-state index contributed by atoms with van der Waals surface area (Å²) in [7, 11) is 0. The molecule has 3 aromatic heterocycles. The molecule has 0 aromatic carbocycles. The molecule has 0 radical (unpaired) electrons. The number of nitrogens with zero attached hydrogens (tertiary/aromatic N) is 4. The second-order valence-corrected chi connectivity index (χ2v) is 9.07. The van der Waals surface area contributed by atoms with E-state index >= 15 is 0 Å². The lowest BCUT2D eigenvalue weighted by molar-refractivity contribution is 0.569. The number of fused-ring (bicyclic) bond motifs is 5. The van der Waals surface area contributed by atoms with Gasteiger partial charge in [-0.25, -0.2) is 15.0 Å². The SMILES string of the molecule is CCCCc1nc2sc3cnc(N4CCCCC4)nc3c2c2c1CCCC2. The number of piperidine rings is 1. The molecule has 0 atom stereocenters. The van der Waals surface area contributed by atoms with Crippen molar-refractivity contribution < 1.29 is 0 Å². The van der Waals surface area contributed by atoms with Crippen LogP contribution in [0.3, 0.4) is 0 Å². The van der Waals surface area contributed by atoms with Crippen LogP contribution in [0.2, 0.25) is 0 Å². The number of aryl methyl sites for hydroxylation is 2. The van der Waals surface area contributed by atoms with Crippen LogP contribution in [0, 0.1) is 0 Å². The summed E-state index contributed by atoms with van der Waals surface area (Å²) >= 11 is 1.78. The minimum Gasteiger partial charge on any atom is -0.341 e. The molecule has 0 amide bonds. The van der Waals surface area contributed by atoms with Crippen molar-refractivity contribution in [1.82, 2.24) is 15.0 Å². The fourth-order valence-electron chi connectivity index (χ4n) is 4.71. The van der Waals surface area contributed by atoms with Gasteiger partial charge >= 0.3 is 0 Å². The van der Waals surface area contributed by atoms with Crippen molar-refractivity contribution >= 4 is 37.7 Å². The number of pyridine rings is 1. The van der Waals surface area contributed by atoms with Gasteiger partial charge < -0.3 is 4.90 Å². The maximum atomic E-state index is 5.14. The third-order valence-electron chi connectivity index (χ3n) is 6.16. The number of hydrogen-bond donors (Lipinski definition) is 0. The maximum Gasteiger partial charge on any atom is 0.225 e. The zero-order chi connectivity index (χ0) is 18.2. The Morgan fingerprint density at radius 1 is 1.00 bits per heavy atom. The average molecular weight is 381 g/mol. The van der Waals surface area contributed by atoms with Crippen LogP contribution in [-0.4, -0.2) is 28.0 Å². The van der Waals surface area contributed by atoms with E-state index in [1.165, 1.54) is 78.4 Å². The highest BCUT2D eigenvalue weighted by Gasteiger charge is 2.23. The summed E-state index contributed by atoms with van der Waals surface area (Å²) in [5.74, 6) is 0.918. The molecule has 1 aliphatic heterocycles. The van der Waals surface area contributed by atoms with Gasteiger partial charge in [-0.1, -0.05) is 13.3 Å². The predicted octanol–water partition coefficient (Wildman–Crippen LogP) is 5.45. The van der Waals surface area contributed by atoms with E-state index < -0.39 is 0 Å². The van der Waals surface area contributed by atoms with Crippen molar-refractivity contribution in [2.45, 2.75) is 71.1 Å². The number of rotatable bonds is 4. The molecule has 1 aliphatic carbocycles.